The van der Waals surface area contributed by atoms with Gasteiger partial charge >= 0.3 is 0 Å². The van der Waals surface area contributed by atoms with Gasteiger partial charge in [0.25, 0.3) is 0 Å². The second-order valence-electron chi connectivity index (χ2n) is 4.99. The fourth-order valence-corrected chi connectivity index (χ4v) is 2.46. The summed E-state index contributed by atoms with van der Waals surface area (Å²) in [6.45, 7) is 7.59. The first-order chi connectivity index (χ1) is 7.59. The Morgan fingerprint density at radius 1 is 1.44 bits per heavy atom. The molecule has 2 N–H and O–H groups in total. The average molecular weight is 219 g/mol. The normalized spacial score (nSPS) is 26.6. The molecule has 2 unspecified atom stereocenters. The summed E-state index contributed by atoms with van der Waals surface area (Å²) in [4.78, 5) is 6.97. The topological polar surface area (TPSA) is 42.1 Å². The molecule has 2 heterocycles. The number of aromatic nitrogens is 1. The Hall–Kier alpha value is -0.930. The molecule has 0 aliphatic carbocycles. The zero-order valence-electron chi connectivity index (χ0n) is 10.4. The van der Waals surface area contributed by atoms with Crippen molar-refractivity contribution in [1.82, 2.24) is 9.88 Å². The van der Waals surface area contributed by atoms with Gasteiger partial charge < -0.3 is 5.73 Å². The summed E-state index contributed by atoms with van der Waals surface area (Å²) in [6, 6.07) is 5.27. The van der Waals surface area contributed by atoms with Crippen molar-refractivity contribution in [3.05, 3.63) is 29.6 Å². The number of pyridine rings is 1. The quantitative estimate of drug-likeness (QED) is 0.825. The zero-order valence-corrected chi connectivity index (χ0v) is 10.4. The van der Waals surface area contributed by atoms with Gasteiger partial charge in [-0.05, 0) is 38.8 Å². The van der Waals surface area contributed by atoms with E-state index in [0.717, 1.165) is 18.7 Å². The molecule has 88 valence electrons. The first kappa shape index (κ1) is 11.6. The number of aryl methyl sites for hydroxylation is 1. The lowest BCUT2D eigenvalue weighted by atomic mass is 10.0. The number of nitrogens with two attached hydrogens (primary N) is 1. The van der Waals surface area contributed by atoms with Gasteiger partial charge in [-0.25, -0.2) is 0 Å². The molecule has 0 spiro atoms. The van der Waals surface area contributed by atoms with Crippen molar-refractivity contribution in [2.45, 2.75) is 45.3 Å². The molecule has 0 bridgehead atoms. The van der Waals surface area contributed by atoms with E-state index in [1.54, 1.807) is 0 Å². The minimum absolute atomic E-state index is 0.220. The molecule has 0 radical (unpaired) electrons. The molecule has 1 fully saturated rings. The van der Waals surface area contributed by atoms with Gasteiger partial charge in [0.2, 0.25) is 0 Å². The number of hydrogen-bond acceptors (Lipinski definition) is 3. The van der Waals surface area contributed by atoms with Crippen LogP contribution < -0.4 is 5.73 Å². The van der Waals surface area contributed by atoms with E-state index in [1.165, 1.54) is 5.56 Å². The molecule has 2 atom stereocenters. The maximum atomic E-state index is 6.20. The maximum absolute atomic E-state index is 6.20. The van der Waals surface area contributed by atoms with Crippen LogP contribution in [0.2, 0.25) is 0 Å². The lowest BCUT2D eigenvalue weighted by molar-refractivity contribution is 0.195. The van der Waals surface area contributed by atoms with E-state index in [4.69, 9.17) is 5.73 Å². The van der Waals surface area contributed by atoms with Crippen molar-refractivity contribution in [2.75, 3.05) is 6.54 Å². The van der Waals surface area contributed by atoms with Gasteiger partial charge in [0.15, 0.2) is 0 Å². The number of rotatable bonds is 2. The first-order valence-corrected chi connectivity index (χ1v) is 6.03. The van der Waals surface area contributed by atoms with Crippen molar-refractivity contribution in [3.8, 4) is 0 Å². The molecule has 1 saturated heterocycles. The monoisotopic (exact) mass is 219 g/mol. The van der Waals surface area contributed by atoms with Crippen LogP contribution in [0.5, 0.6) is 0 Å². The van der Waals surface area contributed by atoms with Gasteiger partial charge in [0.1, 0.15) is 0 Å². The summed E-state index contributed by atoms with van der Waals surface area (Å²) in [5.41, 5.74) is 8.51. The van der Waals surface area contributed by atoms with E-state index < -0.39 is 0 Å². The summed E-state index contributed by atoms with van der Waals surface area (Å²) >= 11 is 0. The van der Waals surface area contributed by atoms with Gasteiger partial charge in [-0.15, -0.1) is 0 Å². The molecule has 2 rings (SSSR count). The predicted molar refractivity (Wildman–Crippen MR) is 66.1 cm³/mol. The lowest BCUT2D eigenvalue weighted by Crippen LogP contribution is -2.36. The maximum Gasteiger partial charge on any atom is 0.0676 e. The fourth-order valence-electron chi connectivity index (χ4n) is 2.46. The second-order valence-corrected chi connectivity index (χ2v) is 4.99. The Morgan fingerprint density at radius 2 is 2.19 bits per heavy atom. The average Bonchev–Trinajstić information content (AvgIpc) is 2.62. The van der Waals surface area contributed by atoms with Crippen molar-refractivity contribution in [3.63, 3.8) is 0 Å². The Morgan fingerprint density at radius 3 is 2.75 bits per heavy atom. The third kappa shape index (κ3) is 2.11. The molecule has 3 nitrogen and oxygen atoms in total. The van der Waals surface area contributed by atoms with Gasteiger partial charge in [-0.1, -0.05) is 6.07 Å². The minimum atomic E-state index is 0.220. The van der Waals surface area contributed by atoms with Gasteiger partial charge in [-0.2, -0.15) is 0 Å². The molecule has 1 aromatic rings. The molecule has 1 aliphatic heterocycles. The predicted octanol–water partition coefficient (Wildman–Crippen LogP) is 1.87. The summed E-state index contributed by atoms with van der Waals surface area (Å²) in [5, 5.41) is 0. The van der Waals surface area contributed by atoms with Crippen LogP contribution in [-0.4, -0.2) is 28.5 Å². The van der Waals surface area contributed by atoms with Crippen molar-refractivity contribution in [1.29, 1.82) is 0 Å². The highest BCUT2D eigenvalue weighted by atomic mass is 15.2. The van der Waals surface area contributed by atoms with E-state index in [2.05, 4.69) is 42.8 Å². The lowest BCUT2D eigenvalue weighted by Gasteiger charge is -2.29. The molecule has 3 heteroatoms. The highest BCUT2D eigenvalue weighted by molar-refractivity contribution is 5.18. The van der Waals surface area contributed by atoms with Crippen molar-refractivity contribution >= 4 is 0 Å². The zero-order chi connectivity index (χ0) is 11.7. The van der Waals surface area contributed by atoms with Gasteiger partial charge in [-0.3, -0.25) is 9.88 Å². The molecule has 16 heavy (non-hydrogen) atoms. The van der Waals surface area contributed by atoms with E-state index >= 15 is 0 Å². The second kappa shape index (κ2) is 4.52. The highest BCUT2D eigenvalue weighted by Crippen LogP contribution is 2.31. The van der Waals surface area contributed by atoms with Crippen LogP contribution in [0.15, 0.2) is 18.3 Å². The van der Waals surface area contributed by atoms with Crippen LogP contribution in [-0.2, 0) is 0 Å². The molecule has 1 aliphatic rings. The number of hydrogen-bond donors (Lipinski definition) is 1. The van der Waals surface area contributed by atoms with E-state index in [1.807, 2.05) is 6.20 Å². The van der Waals surface area contributed by atoms with Crippen molar-refractivity contribution in [2.24, 2.45) is 5.73 Å². The smallest absolute Gasteiger partial charge is 0.0676 e. The molecule has 0 saturated carbocycles. The Balaban J connectivity index is 2.26. The van der Waals surface area contributed by atoms with Crippen LogP contribution in [0, 0.1) is 6.92 Å². The van der Waals surface area contributed by atoms with Crippen LogP contribution in [0.1, 0.15) is 37.6 Å². The Bertz CT molecular complexity index is 345. The first-order valence-electron chi connectivity index (χ1n) is 6.03. The van der Waals surface area contributed by atoms with Gasteiger partial charge in [0.05, 0.1) is 11.7 Å². The van der Waals surface area contributed by atoms with Crippen LogP contribution >= 0.6 is 0 Å². The third-order valence-electron chi connectivity index (χ3n) is 3.38. The summed E-state index contributed by atoms with van der Waals surface area (Å²) in [7, 11) is 0. The SMILES string of the molecule is Cc1ccc(C2C(N)CCN2C(C)C)nc1. The molecule has 0 aromatic carbocycles. The number of nitrogens with zero attached hydrogens (tertiary/aromatic N) is 2. The molecule has 1 aromatic heterocycles. The van der Waals surface area contributed by atoms with E-state index in [-0.39, 0.29) is 6.04 Å². The third-order valence-corrected chi connectivity index (χ3v) is 3.38. The standard InChI is InChI=1S/C13H21N3/c1-9(2)16-7-6-11(14)13(16)12-5-4-10(3)8-15-12/h4-5,8-9,11,13H,6-7,14H2,1-3H3. The molecular weight excluding hydrogens is 198 g/mol. The minimum Gasteiger partial charge on any atom is -0.326 e. The molecular formula is C13H21N3. The summed E-state index contributed by atoms with van der Waals surface area (Å²) in [5.74, 6) is 0. The van der Waals surface area contributed by atoms with Gasteiger partial charge in [0, 0.05) is 24.8 Å². The number of likely N-dealkylation sites (tertiary alicyclic amines) is 1. The fraction of sp³-hybridized carbons (Fsp3) is 0.615. The van der Waals surface area contributed by atoms with Crippen LogP contribution in [0.25, 0.3) is 0 Å². The Labute approximate surface area is 97.7 Å². The van der Waals surface area contributed by atoms with E-state index in [0.29, 0.717) is 12.1 Å². The highest BCUT2D eigenvalue weighted by Gasteiger charge is 2.34. The van der Waals surface area contributed by atoms with E-state index in [9.17, 15) is 0 Å². The van der Waals surface area contributed by atoms with Crippen LogP contribution in [0.3, 0.4) is 0 Å². The van der Waals surface area contributed by atoms with Crippen LogP contribution in [0.4, 0.5) is 0 Å². The Kier molecular flexibility index (Phi) is 3.26. The van der Waals surface area contributed by atoms with Crippen molar-refractivity contribution < 1.29 is 0 Å². The largest absolute Gasteiger partial charge is 0.326 e. The summed E-state index contributed by atoms with van der Waals surface area (Å²) in [6.07, 6.45) is 3.00. The summed E-state index contributed by atoms with van der Waals surface area (Å²) < 4.78 is 0. The molecule has 0 amide bonds.